The van der Waals surface area contributed by atoms with Gasteiger partial charge >= 0.3 is 0 Å². The van der Waals surface area contributed by atoms with Crippen molar-refractivity contribution in [1.29, 1.82) is 0 Å². The summed E-state index contributed by atoms with van der Waals surface area (Å²) in [6.07, 6.45) is -0.680. The SMILES string of the molecule is COc1cc(C)c(C)cc1S(=O)(=O)NCc1ccc([C@H](O)c2cccs2)s1. The monoisotopic (exact) mass is 423 g/mol. The van der Waals surface area contributed by atoms with Crippen molar-refractivity contribution >= 4 is 32.7 Å². The van der Waals surface area contributed by atoms with Crippen LogP contribution in [0.2, 0.25) is 0 Å². The molecule has 2 heterocycles. The molecule has 0 aliphatic carbocycles. The predicted molar refractivity (Wildman–Crippen MR) is 109 cm³/mol. The highest BCUT2D eigenvalue weighted by Crippen LogP contribution is 2.31. The maximum Gasteiger partial charge on any atom is 0.244 e. The lowest BCUT2D eigenvalue weighted by Gasteiger charge is -2.13. The molecule has 0 aliphatic heterocycles. The minimum absolute atomic E-state index is 0.128. The van der Waals surface area contributed by atoms with Crippen LogP contribution in [0.25, 0.3) is 0 Å². The van der Waals surface area contributed by atoms with Gasteiger partial charge in [0.15, 0.2) is 0 Å². The van der Waals surface area contributed by atoms with E-state index in [4.69, 9.17) is 4.74 Å². The molecule has 2 aromatic heterocycles. The second-order valence-electron chi connectivity index (χ2n) is 6.13. The van der Waals surface area contributed by atoms with Crippen LogP contribution in [0.5, 0.6) is 5.75 Å². The maximum atomic E-state index is 12.7. The Hall–Kier alpha value is -1.71. The lowest BCUT2D eigenvalue weighted by atomic mass is 10.1. The van der Waals surface area contributed by atoms with E-state index in [9.17, 15) is 13.5 Å². The molecule has 3 rings (SSSR count). The third-order valence-electron chi connectivity index (χ3n) is 4.27. The second-order valence-corrected chi connectivity index (χ2v) is 10.0. The van der Waals surface area contributed by atoms with E-state index >= 15 is 0 Å². The Labute approximate surface area is 167 Å². The first-order valence-corrected chi connectivity index (χ1v) is 11.4. The number of ether oxygens (including phenoxy) is 1. The molecular formula is C19H21NO4S3. The van der Waals surface area contributed by atoms with Crippen LogP contribution in [0.3, 0.4) is 0 Å². The summed E-state index contributed by atoms with van der Waals surface area (Å²) in [5, 5.41) is 12.3. The average molecular weight is 424 g/mol. The van der Waals surface area contributed by atoms with E-state index in [-0.39, 0.29) is 11.4 Å². The number of nitrogens with one attached hydrogen (secondary N) is 1. The van der Waals surface area contributed by atoms with Crippen LogP contribution in [0.1, 0.15) is 31.9 Å². The lowest BCUT2D eigenvalue weighted by molar-refractivity contribution is 0.228. The normalized spacial score (nSPS) is 12.9. The fourth-order valence-electron chi connectivity index (χ4n) is 2.60. The Morgan fingerprint density at radius 2 is 1.89 bits per heavy atom. The van der Waals surface area contributed by atoms with Crippen LogP contribution in [0.4, 0.5) is 0 Å². The number of aryl methyl sites for hydroxylation is 2. The molecular weight excluding hydrogens is 402 g/mol. The van der Waals surface area contributed by atoms with Gasteiger partial charge in [0.2, 0.25) is 10.0 Å². The number of aliphatic hydroxyl groups excluding tert-OH is 1. The quantitative estimate of drug-likeness (QED) is 0.602. The van der Waals surface area contributed by atoms with Gasteiger partial charge in [-0.15, -0.1) is 22.7 Å². The molecule has 2 N–H and O–H groups in total. The highest BCUT2D eigenvalue weighted by atomic mass is 32.2. The number of sulfonamides is 1. The first-order chi connectivity index (χ1) is 12.8. The largest absolute Gasteiger partial charge is 0.495 e. The molecule has 0 aliphatic rings. The molecule has 27 heavy (non-hydrogen) atoms. The number of methoxy groups -OCH3 is 1. The van der Waals surface area contributed by atoms with E-state index in [1.807, 2.05) is 43.5 Å². The van der Waals surface area contributed by atoms with Gasteiger partial charge in [0.1, 0.15) is 16.7 Å². The van der Waals surface area contributed by atoms with Crippen molar-refractivity contribution < 1.29 is 18.3 Å². The van der Waals surface area contributed by atoms with E-state index in [1.165, 1.54) is 29.8 Å². The molecule has 0 spiro atoms. The van der Waals surface area contributed by atoms with Crippen molar-refractivity contribution in [3.63, 3.8) is 0 Å². The summed E-state index contributed by atoms with van der Waals surface area (Å²) in [4.78, 5) is 2.61. The second kappa shape index (κ2) is 8.12. The number of benzene rings is 1. The summed E-state index contributed by atoms with van der Waals surface area (Å²) in [5.41, 5.74) is 1.85. The molecule has 0 amide bonds. The van der Waals surface area contributed by atoms with E-state index < -0.39 is 16.1 Å². The molecule has 1 aromatic carbocycles. The molecule has 0 radical (unpaired) electrons. The van der Waals surface area contributed by atoms with Crippen molar-refractivity contribution in [2.45, 2.75) is 31.4 Å². The third kappa shape index (κ3) is 4.41. The van der Waals surface area contributed by atoms with Crippen LogP contribution in [-0.4, -0.2) is 20.6 Å². The molecule has 0 saturated heterocycles. The first kappa shape index (κ1) is 20.0. The molecule has 1 atom stereocenters. The fraction of sp³-hybridized carbons (Fsp3) is 0.263. The van der Waals surface area contributed by atoms with Crippen LogP contribution in [0, 0.1) is 13.8 Å². The Kier molecular flexibility index (Phi) is 6.02. The minimum atomic E-state index is -3.72. The first-order valence-electron chi connectivity index (χ1n) is 8.27. The van der Waals surface area contributed by atoms with Crippen LogP contribution >= 0.6 is 22.7 Å². The number of aliphatic hydroxyl groups is 1. The molecule has 0 bridgehead atoms. The molecule has 0 fully saturated rings. The Balaban J connectivity index is 1.76. The summed E-state index contributed by atoms with van der Waals surface area (Å²) >= 11 is 2.88. The Bertz CT molecular complexity index is 1020. The van der Waals surface area contributed by atoms with Crippen LogP contribution in [-0.2, 0) is 16.6 Å². The van der Waals surface area contributed by atoms with E-state index in [2.05, 4.69) is 4.72 Å². The number of hydrogen-bond acceptors (Lipinski definition) is 6. The van der Waals surface area contributed by atoms with Gasteiger partial charge < -0.3 is 9.84 Å². The van der Waals surface area contributed by atoms with Gasteiger partial charge in [-0.3, -0.25) is 0 Å². The molecule has 8 heteroatoms. The minimum Gasteiger partial charge on any atom is -0.495 e. The summed E-state index contributed by atoms with van der Waals surface area (Å²) < 4.78 is 33.4. The molecule has 0 unspecified atom stereocenters. The maximum absolute atomic E-state index is 12.7. The van der Waals surface area contributed by atoms with Crippen molar-refractivity contribution in [2.75, 3.05) is 7.11 Å². The van der Waals surface area contributed by atoms with Crippen molar-refractivity contribution in [1.82, 2.24) is 4.72 Å². The molecule has 144 valence electrons. The highest BCUT2D eigenvalue weighted by molar-refractivity contribution is 7.89. The zero-order valence-corrected chi connectivity index (χ0v) is 17.7. The topological polar surface area (TPSA) is 75.6 Å². The summed E-state index contributed by atoms with van der Waals surface area (Å²) in [6.45, 7) is 3.93. The van der Waals surface area contributed by atoms with Gasteiger partial charge in [0, 0.05) is 21.2 Å². The van der Waals surface area contributed by atoms with Gasteiger partial charge in [-0.2, -0.15) is 0 Å². The standard InChI is InChI=1S/C19H21NO4S3/c1-12-9-15(24-3)18(10-13(12)2)27(22,23)20-11-14-6-7-17(26-14)19(21)16-5-4-8-25-16/h4-10,19-21H,11H2,1-3H3/t19-/m1/s1. The lowest BCUT2D eigenvalue weighted by Crippen LogP contribution is -2.23. The van der Waals surface area contributed by atoms with Crippen LogP contribution < -0.4 is 9.46 Å². The summed E-state index contributed by atoms with van der Waals surface area (Å²) in [6, 6.07) is 10.8. The summed E-state index contributed by atoms with van der Waals surface area (Å²) in [5.74, 6) is 0.325. The van der Waals surface area contributed by atoms with Gasteiger partial charge in [-0.1, -0.05) is 6.07 Å². The van der Waals surface area contributed by atoms with Gasteiger partial charge in [0.25, 0.3) is 0 Å². The average Bonchev–Trinajstić information content (AvgIpc) is 3.33. The van der Waals surface area contributed by atoms with Gasteiger partial charge in [-0.25, -0.2) is 13.1 Å². The Morgan fingerprint density at radius 1 is 1.15 bits per heavy atom. The van der Waals surface area contributed by atoms with E-state index in [0.29, 0.717) is 5.75 Å². The Morgan fingerprint density at radius 3 is 2.56 bits per heavy atom. The van der Waals surface area contributed by atoms with Crippen molar-refractivity contribution in [3.05, 3.63) is 67.5 Å². The predicted octanol–water partition coefficient (Wildman–Crippen LogP) is 4.00. The zero-order valence-electron chi connectivity index (χ0n) is 15.2. The van der Waals surface area contributed by atoms with Crippen LogP contribution in [0.15, 0.2) is 46.7 Å². The molecule has 3 aromatic rings. The third-order valence-corrected chi connectivity index (χ3v) is 7.76. The van der Waals surface area contributed by atoms with Crippen molar-refractivity contribution in [2.24, 2.45) is 0 Å². The van der Waals surface area contributed by atoms with Crippen molar-refractivity contribution in [3.8, 4) is 5.75 Å². The smallest absolute Gasteiger partial charge is 0.244 e. The van der Waals surface area contributed by atoms with E-state index in [1.54, 1.807) is 12.1 Å². The van der Waals surface area contributed by atoms with E-state index in [0.717, 1.165) is 25.8 Å². The zero-order chi connectivity index (χ0) is 19.6. The molecule has 5 nitrogen and oxygen atoms in total. The number of hydrogen-bond donors (Lipinski definition) is 2. The molecule has 0 saturated carbocycles. The fourth-order valence-corrected chi connectivity index (χ4v) is 5.69. The number of thiophene rings is 2. The number of rotatable bonds is 7. The summed E-state index contributed by atoms with van der Waals surface area (Å²) in [7, 11) is -2.26. The van der Waals surface area contributed by atoms with Gasteiger partial charge in [0.05, 0.1) is 7.11 Å². The highest BCUT2D eigenvalue weighted by Gasteiger charge is 2.21. The van der Waals surface area contributed by atoms with Gasteiger partial charge in [-0.05, 0) is 60.7 Å².